The average Bonchev–Trinajstić information content (AvgIpc) is 3.43. The Bertz CT molecular complexity index is 1410. The number of ether oxygens (including phenoxy) is 1. The highest BCUT2D eigenvalue weighted by atomic mass is 32.1. The van der Waals surface area contributed by atoms with Gasteiger partial charge >= 0.3 is 0 Å². The minimum atomic E-state index is -1.34. The second kappa shape index (κ2) is 11.8. The van der Waals surface area contributed by atoms with Gasteiger partial charge < -0.3 is 35.2 Å². The van der Waals surface area contributed by atoms with Crippen molar-refractivity contribution < 1.29 is 24.9 Å². The number of aliphatic hydroxyl groups is 3. The summed E-state index contributed by atoms with van der Waals surface area (Å²) in [7, 11) is 2.15. The highest BCUT2D eigenvalue weighted by Crippen LogP contribution is 2.33. The lowest BCUT2D eigenvalue weighted by Gasteiger charge is -2.37. The van der Waals surface area contributed by atoms with Crippen molar-refractivity contribution in [2.24, 2.45) is 0 Å². The number of hydrogen-bond donors (Lipinski definition) is 4. The third kappa shape index (κ3) is 5.99. The number of likely N-dealkylation sites (N-methyl/N-ethyl adjacent to an activating group) is 1. The van der Waals surface area contributed by atoms with Gasteiger partial charge in [-0.3, -0.25) is 4.79 Å². The van der Waals surface area contributed by atoms with Gasteiger partial charge in [0, 0.05) is 41.6 Å². The van der Waals surface area contributed by atoms with E-state index >= 15 is 0 Å². The molecule has 2 aromatic carbocycles. The van der Waals surface area contributed by atoms with Crippen LogP contribution in [0.25, 0.3) is 27.3 Å². The van der Waals surface area contributed by atoms with Gasteiger partial charge in [-0.1, -0.05) is 18.2 Å². The molecule has 4 atom stereocenters. The largest absolute Gasteiger partial charge is 0.394 e. The number of nitriles is 1. The number of rotatable bonds is 6. The minimum Gasteiger partial charge on any atom is -0.394 e. The van der Waals surface area contributed by atoms with Crippen LogP contribution in [-0.4, -0.2) is 96.9 Å². The van der Waals surface area contributed by atoms with Crippen LogP contribution in [0.5, 0.6) is 0 Å². The number of amides is 1. The monoisotopic (exact) mass is 548 g/mol. The standard InChI is InChI=1S/C29H32N4O5S/c1-32-8-10-33(11-9-32)22-5-4-18-12-20(3-2-19(18)13-22)26-7-6-23(39-26)14-21(15-30)29(37)31-24-17-38-25(16-34)28(36)27(24)35/h2-7,12-14,24-25,27-28,34-36H,8-11,16-17H2,1H3,(H,31,37)/b21-14+/t24-,25+,27+,28+/m0/s1. The number of anilines is 1. The van der Waals surface area contributed by atoms with Gasteiger partial charge in [0.05, 0.1) is 19.3 Å². The molecule has 0 radical (unpaired) electrons. The first kappa shape index (κ1) is 27.3. The molecule has 2 aliphatic rings. The molecule has 4 N–H and O–H groups in total. The molecule has 0 unspecified atom stereocenters. The van der Waals surface area contributed by atoms with E-state index in [1.807, 2.05) is 18.2 Å². The first-order valence-corrected chi connectivity index (χ1v) is 13.8. The zero-order chi connectivity index (χ0) is 27.5. The molecular formula is C29H32N4O5S. The van der Waals surface area contributed by atoms with Crippen LogP contribution < -0.4 is 10.2 Å². The summed E-state index contributed by atoms with van der Waals surface area (Å²) in [6.45, 7) is 3.64. The van der Waals surface area contributed by atoms with E-state index in [9.17, 15) is 25.4 Å². The smallest absolute Gasteiger partial charge is 0.262 e. The Hall–Kier alpha value is -3.30. The third-order valence-electron chi connectivity index (χ3n) is 7.38. The average molecular weight is 549 g/mol. The van der Waals surface area contributed by atoms with Crippen molar-refractivity contribution in [1.82, 2.24) is 10.2 Å². The van der Waals surface area contributed by atoms with Gasteiger partial charge in [-0.2, -0.15) is 5.26 Å². The molecule has 0 bridgehead atoms. The highest BCUT2D eigenvalue weighted by molar-refractivity contribution is 7.16. The molecule has 0 aliphatic carbocycles. The summed E-state index contributed by atoms with van der Waals surface area (Å²) in [6.07, 6.45) is -2.07. The molecule has 3 heterocycles. The highest BCUT2D eigenvalue weighted by Gasteiger charge is 2.39. The number of piperazine rings is 1. The molecule has 0 saturated carbocycles. The SMILES string of the molecule is CN1CCN(c2ccc3cc(-c4ccc(/C=C(\C#N)C(=O)N[C@H]5CO[C@H](CO)[C@@H](O)[C@@H]5O)s4)ccc3c2)CC1. The minimum absolute atomic E-state index is 0.0874. The molecule has 1 amide bonds. The molecular weight excluding hydrogens is 516 g/mol. The molecule has 10 heteroatoms. The number of aliphatic hydroxyl groups excluding tert-OH is 3. The number of hydrogen-bond acceptors (Lipinski definition) is 9. The normalized spacial score (nSPS) is 24.5. The molecule has 5 rings (SSSR count). The molecule has 2 aliphatic heterocycles. The number of fused-ring (bicyclic) bond motifs is 1. The van der Waals surface area contributed by atoms with Crippen molar-refractivity contribution in [3.63, 3.8) is 0 Å². The van der Waals surface area contributed by atoms with E-state index in [1.165, 1.54) is 28.5 Å². The van der Waals surface area contributed by atoms with E-state index in [2.05, 4.69) is 58.6 Å². The lowest BCUT2D eigenvalue weighted by Crippen LogP contribution is -2.60. The second-order valence-corrected chi connectivity index (χ2v) is 11.1. The van der Waals surface area contributed by atoms with Crippen molar-refractivity contribution >= 4 is 39.8 Å². The van der Waals surface area contributed by atoms with Gasteiger partial charge in [-0.15, -0.1) is 11.3 Å². The van der Waals surface area contributed by atoms with Gasteiger partial charge in [0.15, 0.2) is 0 Å². The zero-order valence-corrected chi connectivity index (χ0v) is 22.5. The van der Waals surface area contributed by atoms with Crippen LogP contribution in [0.3, 0.4) is 0 Å². The summed E-state index contributed by atoms with van der Waals surface area (Å²) in [5, 5.41) is 44.0. The van der Waals surface area contributed by atoms with Crippen molar-refractivity contribution in [3.05, 3.63) is 59.0 Å². The predicted octanol–water partition coefficient (Wildman–Crippen LogP) is 1.82. The van der Waals surface area contributed by atoms with E-state index in [1.54, 1.807) is 0 Å². The Labute approximate surface area is 231 Å². The number of benzene rings is 2. The van der Waals surface area contributed by atoms with Crippen molar-refractivity contribution in [1.29, 1.82) is 5.26 Å². The van der Waals surface area contributed by atoms with Gasteiger partial charge in [0.1, 0.15) is 30.0 Å². The first-order chi connectivity index (χ1) is 18.9. The lowest BCUT2D eigenvalue weighted by atomic mass is 9.98. The van der Waals surface area contributed by atoms with Gasteiger partial charge in [-0.05, 0) is 59.8 Å². The maximum atomic E-state index is 12.7. The summed E-state index contributed by atoms with van der Waals surface area (Å²) >= 11 is 1.47. The van der Waals surface area contributed by atoms with Crippen molar-refractivity contribution in [2.45, 2.75) is 24.4 Å². The van der Waals surface area contributed by atoms with Gasteiger partial charge in [0.2, 0.25) is 0 Å². The van der Waals surface area contributed by atoms with Crippen LogP contribution in [0.1, 0.15) is 4.88 Å². The quantitative estimate of drug-likeness (QED) is 0.271. The second-order valence-electron chi connectivity index (χ2n) is 10.0. The lowest BCUT2D eigenvalue weighted by molar-refractivity contribution is -0.163. The number of thiophene rings is 1. The van der Waals surface area contributed by atoms with E-state index in [0.717, 1.165) is 46.9 Å². The fourth-order valence-electron chi connectivity index (χ4n) is 4.94. The number of nitrogens with zero attached hydrogens (tertiary/aromatic N) is 3. The first-order valence-electron chi connectivity index (χ1n) is 12.9. The van der Waals surface area contributed by atoms with E-state index in [4.69, 9.17) is 4.74 Å². The summed E-state index contributed by atoms with van der Waals surface area (Å²) in [5.74, 6) is -0.670. The van der Waals surface area contributed by atoms with Crippen LogP contribution in [0.2, 0.25) is 0 Å². The predicted molar refractivity (Wildman–Crippen MR) is 151 cm³/mol. The fourth-order valence-corrected chi connectivity index (χ4v) is 5.89. The molecule has 3 aromatic rings. The summed E-state index contributed by atoms with van der Waals surface area (Å²) in [5.41, 5.74) is 2.17. The molecule has 2 saturated heterocycles. The summed E-state index contributed by atoms with van der Waals surface area (Å²) in [6, 6.07) is 17.8. The summed E-state index contributed by atoms with van der Waals surface area (Å²) in [4.78, 5) is 19.2. The molecule has 1 aromatic heterocycles. The summed E-state index contributed by atoms with van der Waals surface area (Å²) < 4.78 is 5.30. The maximum Gasteiger partial charge on any atom is 0.262 e. The zero-order valence-electron chi connectivity index (χ0n) is 21.7. The number of carbonyl (C=O) groups is 1. The van der Waals surface area contributed by atoms with Crippen LogP contribution in [0.4, 0.5) is 5.69 Å². The third-order valence-corrected chi connectivity index (χ3v) is 8.47. The van der Waals surface area contributed by atoms with Crippen molar-refractivity contribution in [3.8, 4) is 16.5 Å². The maximum absolute atomic E-state index is 12.7. The van der Waals surface area contributed by atoms with E-state index in [0.29, 0.717) is 0 Å². The topological polar surface area (TPSA) is 129 Å². The Morgan fingerprint density at radius 3 is 2.59 bits per heavy atom. The molecule has 0 spiro atoms. The van der Waals surface area contributed by atoms with Crippen LogP contribution in [0.15, 0.2) is 54.1 Å². The van der Waals surface area contributed by atoms with Gasteiger partial charge in [0.25, 0.3) is 5.91 Å². The van der Waals surface area contributed by atoms with Crippen LogP contribution in [0, 0.1) is 11.3 Å². The van der Waals surface area contributed by atoms with E-state index in [-0.39, 0.29) is 12.2 Å². The van der Waals surface area contributed by atoms with Crippen molar-refractivity contribution in [2.75, 3.05) is 51.3 Å². The molecule has 2 fully saturated rings. The Balaban J connectivity index is 1.28. The number of nitrogens with one attached hydrogen (secondary N) is 1. The van der Waals surface area contributed by atoms with Gasteiger partial charge in [-0.25, -0.2) is 0 Å². The Kier molecular flexibility index (Phi) is 8.28. The van der Waals surface area contributed by atoms with Crippen LogP contribution >= 0.6 is 11.3 Å². The number of carbonyl (C=O) groups excluding carboxylic acids is 1. The molecule has 39 heavy (non-hydrogen) atoms. The molecule has 204 valence electrons. The van der Waals surface area contributed by atoms with E-state index < -0.39 is 36.9 Å². The fraction of sp³-hybridized carbons (Fsp3) is 0.379. The Morgan fingerprint density at radius 2 is 1.85 bits per heavy atom. The van der Waals surface area contributed by atoms with Crippen LogP contribution in [-0.2, 0) is 9.53 Å². The Morgan fingerprint density at radius 1 is 1.10 bits per heavy atom. The molecule has 9 nitrogen and oxygen atoms in total.